The van der Waals surface area contributed by atoms with Crippen LogP contribution in [0.25, 0.3) is 0 Å². The molecule has 12 heavy (non-hydrogen) atoms. The zero-order chi connectivity index (χ0) is 9.40. The van der Waals surface area contributed by atoms with Crippen LogP contribution in [0.15, 0.2) is 18.7 Å². The summed E-state index contributed by atoms with van der Waals surface area (Å²) in [6, 6.07) is 0. The largest absolute Gasteiger partial charge is 0.245 e. The van der Waals surface area contributed by atoms with Crippen LogP contribution in [0, 0.1) is 5.92 Å². The van der Waals surface area contributed by atoms with Crippen molar-refractivity contribution in [2.45, 2.75) is 34.1 Å². The van der Waals surface area contributed by atoms with Gasteiger partial charge < -0.3 is 0 Å². The first-order chi connectivity index (χ1) is 5.66. The molecule has 2 heteroatoms. The van der Waals surface area contributed by atoms with Crippen LogP contribution in [0.4, 0.5) is 0 Å². The van der Waals surface area contributed by atoms with Crippen LogP contribution in [0.5, 0.6) is 0 Å². The van der Waals surface area contributed by atoms with Crippen molar-refractivity contribution >= 4 is 0 Å². The average Bonchev–Trinajstić information content (AvgIpc) is 2.05. The summed E-state index contributed by atoms with van der Waals surface area (Å²) in [6.45, 7) is 8.58. The van der Waals surface area contributed by atoms with Crippen molar-refractivity contribution in [3.05, 3.63) is 24.3 Å². The third kappa shape index (κ3) is 7.19. The molecule has 1 heterocycles. The normalized spacial score (nSPS) is 9.08. The summed E-state index contributed by atoms with van der Waals surface area (Å²) in [7, 11) is 0. The molecule has 0 radical (unpaired) electrons. The van der Waals surface area contributed by atoms with E-state index in [1.54, 1.807) is 6.33 Å². The molecule has 2 nitrogen and oxygen atoms in total. The Morgan fingerprint density at radius 3 is 1.83 bits per heavy atom. The minimum absolute atomic E-state index is 0.833. The molecule has 0 saturated heterocycles. The van der Waals surface area contributed by atoms with Gasteiger partial charge in [-0.2, -0.15) is 0 Å². The van der Waals surface area contributed by atoms with Gasteiger partial charge in [0, 0.05) is 12.4 Å². The monoisotopic (exact) mass is 166 g/mol. The highest BCUT2D eigenvalue weighted by Crippen LogP contribution is 1.90. The van der Waals surface area contributed by atoms with E-state index in [1.165, 1.54) is 5.56 Å². The molecule has 0 amide bonds. The fourth-order valence-electron chi connectivity index (χ4n) is 0.513. The van der Waals surface area contributed by atoms with Gasteiger partial charge in [0.2, 0.25) is 0 Å². The molecule has 1 rings (SSSR count). The second-order valence-electron chi connectivity index (χ2n) is 3.33. The van der Waals surface area contributed by atoms with Crippen molar-refractivity contribution in [1.29, 1.82) is 0 Å². The average molecular weight is 166 g/mol. The second kappa shape index (κ2) is 6.77. The quantitative estimate of drug-likeness (QED) is 0.641. The summed E-state index contributed by atoms with van der Waals surface area (Å²) in [4.78, 5) is 7.69. The molecule has 0 unspecified atom stereocenters. The van der Waals surface area contributed by atoms with Crippen LogP contribution in [0.3, 0.4) is 0 Å². The smallest absolute Gasteiger partial charge is 0.115 e. The van der Waals surface area contributed by atoms with Crippen molar-refractivity contribution < 1.29 is 0 Å². The van der Waals surface area contributed by atoms with Gasteiger partial charge in [0.25, 0.3) is 0 Å². The van der Waals surface area contributed by atoms with Crippen LogP contribution >= 0.6 is 0 Å². The first-order valence-electron chi connectivity index (χ1n) is 4.40. The predicted octanol–water partition coefficient (Wildman–Crippen LogP) is 2.70. The summed E-state index contributed by atoms with van der Waals surface area (Å²) < 4.78 is 0. The lowest BCUT2D eigenvalue weighted by molar-refractivity contribution is 0.737. The Bertz CT molecular complexity index is 180. The Kier molecular flexibility index (Phi) is 6.25. The molecule has 0 spiro atoms. The molecule has 0 aromatic carbocycles. The summed E-state index contributed by atoms with van der Waals surface area (Å²) in [6.07, 6.45) is 6.21. The number of hydrogen-bond acceptors (Lipinski definition) is 2. The molecule has 0 aliphatic rings. The van der Waals surface area contributed by atoms with E-state index in [4.69, 9.17) is 0 Å². The number of hydrogen-bond donors (Lipinski definition) is 0. The minimum atomic E-state index is 0.833. The van der Waals surface area contributed by atoms with Crippen LogP contribution in [-0.4, -0.2) is 9.97 Å². The fraction of sp³-hybridized carbons (Fsp3) is 0.600. The maximum Gasteiger partial charge on any atom is 0.115 e. The SMILES string of the molecule is CC(C)C.CCc1cncnc1. The number of aromatic nitrogens is 2. The minimum Gasteiger partial charge on any atom is -0.245 e. The maximum absolute atomic E-state index is 3.84. The number of aryl methyl sites for hydroxylation is 1. The summed E-state index contributed by atoms with van der Waals surface area (Å²) >= 11 is 0. The highest BCUT2D eigenvalue weighted by atomic mass is 14.8. The number of rotatable bonds is 1. The molecule has 1 aromatic heterocycles. The first kappa shape index (κ1) is 11.1. The molecule has 0 aliphatic carbocycles. The second-order valence-corrected chi connectivity index (χ2v) is 3.33. The van der Waals surface area contributed by atoms with E-state index in [9.17, 15) is 0 Å². The van der Waals surface area contributed by atoms with E-state index in [2.05, 4.69) is 37.7 Å². The molecule has 0 saturated carbocycles. The van der Waals surface area contributed by atoms with Crippen molar-refractivity contribution in [2.24, 2.45) is 5.92 Å². The fourth-order valence-corrected chi connectivity index (χ4v) is 0.513. The topological polar surface area (TPSA) is 25.8 Å². The zero-order valence-corrected chi connectivity index (χ0v) is 8.41. The van der Waals surface area contributed by atoms with E-state index in [0.717, 1.165) is 12.3 Å². The van der Waals surface area contributed by atoms with E-state index in [-0.39, 0.29) is 0 Å². The molecule has 0 aliphatic heterocycles. The Hall–Kier alpha value is -0.920. The van der Waals surface area contributed by atoms with Gasteiger partial charge in [-0.3, -0.25) is 0 Å². The van der Waals surface area contributed by atoms with Gasteiger partial charge in [0.15, 0.2) is 0 Å². The van der Waals surface area contributed by atoms with E-state index < -0.39 is 0 Å². The van der Waals surface area contributed by atoms with Gasteiger partial charge >= 0.3 is 0 Å². The Morgan fingerprint density at radius 2 is 1.58 bits per heavy atom. The van der Waals surface area contributed by atoms with Crippen molar-refractivity contribution in [2.75, 3.05) is 0 Å². The van der Waals surface area contributed by atoms with Gasteiger partial charge in [-0.05, 0) is 17.9 Å². The molecule has 0 bridgehead atoms. The lowest BCUT2D eigenvalue weighted by atomic mass is 10.3. The van der Waals surface area contributed by atoms with Crippen LogP contribution in [0.2, 0.25) is 0 Å². The lowest BCUT2D eigenvalue weighted by Crippen LogP contribution is -1.81. The van der Waals surface area contributed by atoms with Crippen LogP contribution in [0.1, 0.15) is 33.3 Å². The van der Waals surface area contributed by atoms with E-state index in [1.807, 2.05) is 12.4 Å². The molecular formula is C10H18N2. The highest BCUT2D eigenvalue weighted by molar-refractivity contribution is 5.00. The summed E-state index contributed by atoms with van der Waals surface area (Å²) in [5.41, 5.74) is 1.19. The molecular weight excluding hydrogens is 148 g/mol. The van der Waals surface area contributed by atoms with Crippen molar-refractivity contribution in [3.63, 3.8) is 0 Å². The summed E-state index contributed by atoms with van der Waals surface area (Å²) in [5.74, 6) is 0.833. The maximum atomic E-state index is 3.84. The molecule has 0 fully saturated rings. The van der Waals surface area contributed by atoms with Gasteiger partial charge in [0.1, 0.15) is 6.33 Å². The van der Waals surface area contributed by atoms with Gasteiger partial charge in [0.05, 0.1) is 0 Å². The lowest BCUT2D eigenvalue weighted by Gasteiger charge is -1.88. The Labute approximate surface area is 75.1 Å². The van der Waals surface area contributed by atoms with Gasteiger partial charge in [-0.25, -0.2) is 9.97 Å². The van der Waals surface area contributed by atoms with E-state index >= 15 is 0 Å². The van der Waals surface area contributed by atoms with E-state index in [0.29, 0.717) is 0 Å². The van der Waals surface area contributed by atoms with Crippen LogP contribution in [-0.2, 0) is 6.42 Å². The van der Waals surface area contributed by atoms with Crippen LogP contribution < -0.4 is 0 Å². The Morgan fingerprint density at radius 1 is 1.17 bits per heavy atom. The highest BCUT2D eigenvalue weighted by Gasteiger charge is 1.82. The number of nitrogens with zero attached hydrogens (tertiary/aromatic N) is 2. The predicted molar refractivity (Wildman–Crippen MR) is 51.9 cm³/mol. The van der Waals surface area contributed by atoms with Crippen molar-refractivity contribution in [1.82, 2.24) is 9.97 Å². The van der Waals surface area contributed by atoms with Crippen molar-refractivity contribution in [3.8, 4) is 0 Å². The first-order valence-corrected chi connectivity index (χ1v) is 4.40. The molecule has 68 valence electrons. The molecule has 0 atom stereocenters. The van der Waals surface area contributed by atoms with Gasteiger partial charge in [-0.15, -0.1) is 0 Å². The standard InChI is InChI=1S/C6H8N2.C4H10/c1-2-6-3-7-5-8-4-6;1-4(2)3/h3-5H,2H2,1H3;4H,1-3H3. The molecule has 1 aromatic rings. The Balaban J connectivity index is 0.000000261. The summed E-state index contributed by atoms with van der Waals surface area (Å²) in [5, 5.41) is 0. The third-order valence-corrected chi connectivity index (χ3v) is 1.02. The molecule has 0 N–H and O–H groups in total. The zero-order valence-electron chi connectivity index (χ0n) is 8.41. The van der Waals surface area contributed by atoms with Gasteiger partial charge in [-0.1, -0.05) is 27.7 Å². The third-order valence-electron chi connectivity index (χ3n) is 1.02.